The smallest absolute Gasteiger partial charge is 0.223 e. The predicted octanol–water partition coefficient (Wildman–Crippen LogP) is 3.36. The molecule has 114 valence electrons. The number of hydrogen-bond acceptors (Lipinski definition) is 2. The lowest BCUT2D eigenvalue weighted by molar-refractivity contribution is -0.140. The highest BCUT2D eigenvalue weighted by molar-refractivity contribution is 5.77. The number of amides is 1. The maximum atomic E-state index is 12.7. The molecule has 1 amide bonds. The zero-order valence-corrected chi connectivity index (χ0v) is 12.9. The lowest BCUT2D eigenvalue weighted by Crippen LogP contribution is -2.49. The van der Waals surface area contributed by atoms with E-state index in [1.165, 1.54) is 38.5 Å². The van der Waals surface area contributed by atoms with E-state index in [0.29, 0.717) is 11.3 Å². The van der Waals surface area contributed by atoms with Crippen LogP contribution in [0, 0.1) is 40.4 Å². The summed E-state index contributed by atoms with van der Waals surface area (Å²) < 4.78 is 0. The highest BCUT2D eigenvalue weighted by Gasteiger charge is 2.51. The third-order valence-electron chi connectivity index (χ3n) is 6.72. The molecule has 4 bridgehead atoms. The quantitative estimate of drug-likeness (QED) is 0.781. The van der Waals surface area contributed by atoms with Crippen LogP contribution in [0.2, 0.25) is 0 Å². The highest BCUT2D eigenvalue weighted by atomic mass is 16.2. The van der Waals surface area contributed by atoms with Gasteiger partial charge < -0.3 is 4.90 Å². The van der Waals surface area contributed by atoms with Gasteiger partial charge in [0.1, 0.15) is 0 Å². The summed E-state index contributed by atoms with van der Waals surface area (Å²) in [6, 6.07) is 2.35. The third-order valence-corrected chi connectivity index (χ3v) is 6.72. The normalized spacial score (nSPS) is 42.0. The molecule has 4 aliphatic carbocycles. The van der Waals surface area contributed by atoms with E-state index in [1.54, 1.807) is 0 Å². The number of carbonyl (C=O) groups excluding carboxylic acids is 1. The molecule has 5 rings (SSSR count). The number of rotatable bonds is 2. The van der Waals surface area contributed by atoms with E-state index in [2.05, 4.69) is 6.07 Å². The number of likely N-dealkylation sites (tertiary alicyclic amines) is 1. The van der Waals surface area contributed by atoms with Crippen molar-refractivity contribution in [2.45, 2.75) is 57.8 Å². The van der Waals surface area contributed by atoms with E-state index in [-0.39, 0.29) is 5.92 Å². The van der Waals surface area contributed by atoms with Crippen LogP contribution in [0.15, 0.2) is 0 Å². The Hall–Kier alpha value is -1.04. The molecule has 3 nitrogen and oxygen atoms in total. The molecule has 0 aromatic heterocycles. The SMILES string of the molecule is N#CC1CCN(C(=O)CC23CC4CC(CC(C4)C2)C3)CC1. The second kappa shape index (κ2) is 5.00. The van der Waals surface area contributed by atoms with Crippen molar-refractivity contribution in [2.75, 3.05) is 13.1 Å². The summed E-state index contributed by atoms with van der Waals surface area (Å²) in [5, 5.41) is 8.97. The van der Waals surface area contributed by atoms with Crippen molar-refractivity contribution in [3.63, 3.8) is 0 Å². The van der Waals surface area contributed by atoms with Gasteiger partial charge in [-0.2, -0.15) is 5.26 Å². The minimum Gasteiger partial charge on any atom is -0.343 e. The molecule has 0 aromatic rings. The van der Waals surface area contributed by atoms with Gasteiger partial charge in [0.05, 0.1) is 6.07 Å². The summed E-state index contributed by atoms with van der Waals surface area (Å²) >= 11 is 0. The molecule has 4 saturated carbocycles. The summed E-state index contributed by atoms with van der Waals surface area (Å²) in [6.07, 6.45) is 10.8. The first kappa shape index (κ1) is 13.6. The van der Waals surface area contributed by atoms with Crippen molar-refractivity contribution in [3.8, 4) is 6.07 Å². The lowest BCUT2D eigenvalue weighted by atomic mass is 9.49. The number of nitrogens with zero attached hydrogens (tertiary/aromatic N) is 2. The van der Waals surface area contributed by atoms with Gasteiger partial charge in [-0.3, -0.25) is 4.79 Å². The van der Waals surface area contributed by atoms with Gasteiger partial charge in [0.25, 0.3) is 0 Å². The zero-order valence-electron chi connectivity index (χ0n) is 12.9. The first-order valence-corrected chi connectivity index (χ1v) is 8.83. The summed E-state index contributed by atoms with van der Waals surface area (Å²) in [5.74, 6) is 3.33. The maximum absolute atomic E-state index is 12.7. The van der Waals surface area contributed by atoms with Gasteiger partial charge >= 0.3 is 0 Å². The molecule has 0 atom stereocenters. The summed E-state index contributed by atoms with van der Waals surface area (Å²) in [4.78, 5) is 14.8. The average Bonchev–Trinajstić information content (AvgIpc) is 2.45. The molecule has 5 aliphatic rings. The molecule has 0 radical (unpaired) electrons. The van der Waals surface area contributed by atoms with Gasteiger partial charge in [0.15, 0.2) is 0 Å². The Labute approximate surface area is 127 Å². The maximum Gasteiger partial charge on any atom is 0.223 e. The number of nitriles is 1. The fraction of sp³-hybridized carbons (Fsp3) is 0.889. The average molecular weight is 286 g/mol. The fourth-order valence-corrected chi connectivity index (χ4v) is 6.20. The molecule has 0 unspecified atom stereocenters. The molecular weight excluding hydrogens is 260 g/mol. The Balaban J connectivity index is 1.40. The Bertz CT molecular complexity index is 435. The van der Waals surface area contributed by atoms with Crippen LogP contribution < -0.4 is 0 Å². The molecule has 1 heterocycles. The largest absolute Gasteiger partial charge is 0.343 e. The van der Waals surface area contributed by atoms with Gasteiger partial charge in [0.2, 0.25) is 5.91 Å². The van der Waals surface area contributed by atoms with E-state index < -0.39 is 0 Å². The molecular formula is C18H26N2O. The third kappa shape index (κ3) is 2.47. The number of piperidine rings is 1. The lowest BCUT2D eigenvalue weighted by Gasteiger charge is -2.57. The van der Waals surface area contributed by atoms with E-state index >= 15 is 0 Å². The van der Waals surface area contributed by atoms with Crippen molar-refractivity contribution in [3.05, 3.63) is 0 Å². The predicted molar refractivity (Wildman–Crippen MR) is 80.1 cm³/mol. The monoisotopic (exact) mass is 286 g/mol. The van der Waals surface area contributed by atoms with Gasteiger partial charge in [0, 0.05) is 25.4 Å². The van der Waals surface area contributed by atoms with Crippen LogP contribution >= 0.6 is 0 Å². The van der Waals surface area contributed by atoms with Crippen LogP contribution in [0.3, 0.4) is 0 Å². The minimum atomic E-state index is 0.175. The Morgan fingerprint density at radius 1 is 1.05 bits per heavy atom. The van der Waals surface area contributed by atoms with Crippen molar-refractivity contribution in [2.24, 2.45) is 29.1 Å². The Morgan fingerprint density at radius 3 is 2.05 bits per heavy atom. The second-order valence-electron chi connectivity index (χ2n) is 8.38. The first-order chi connectivity index (χ1) is 10.2. The molecule has 0 spiro atoms. The van der Waals surface area contributed by atoms with Crippen LogP contribution in [-0.2, 0) is 4.79 Å². The van der Waals surface area contributed by atoms with Crippen molar-refractivity contribution in [1.29, 1.82) is 5.26 Å². The van der Waals surface area contributed by atoms with Gasteiger partial charge in [-0.15, -0.1) is 0 Å². The van der Waals surface area contributed by atoms with Crippen LogP contribution in [0.4, 0.5) is 0 Å². The van der Waals surface area contributed by atoms with E-state index in [1.807, 2.05) is 4.90 Å². The van der Waals surface area contributed by atoms with Crippen molar-refractivity contribution >= 4 is 5.91 Å². The highest BCUT2D eigenvalue weighted by Crippen LogP contribution is 2.61. The van der Waals surface area contributed by atoms with Crippen molar-refractivity contribution in [1.82, 2.24) is 4.90 Å². The Kier molecular flexibility index (Phi) is 3.24. The van der Waals surface area contributed by atoms with Gasteiger partial charge in [-0.05, 0) is 74.5 Å². The van der Waals surface area contributed by atoms with Crippen LogP contribution in [0.25, 0.3) is 0 Å². The summed E-state index contributed by atoms with van der Waals surface area (Å²) in [7, 11) is 0. The summed E-state index contributed by atoms with van der Waals surface area (Å²) in [5.41, 5.74) is 0.359. The van der Waals surface area contributed by atoms with Gasteiger partial charge in [-0.25, -0.2) is 0 Å². The van der Waals surface area contributed by atoms with Crippen LogP contribution in [0.1, 0.15) is 57.8 Å². The molecule has 1 saturated heterocycles. The molecule has 0 N–H and O–H groups in total. The Morgan fingerprint density at radius 2 is 1.57 bits per heavy atom. The minimum absolute atomic E-state index is 0.175. The molecule has 1 aliphatic heterocycles. The topological polar surface area (TPSA) is 44.1 Å². The molecule has 5 fully saturated rings. The van der Waals surface area contributed by atoms with E-state index in [4.69, 9.17) is 5.26 Å². The number of carbonyl (C=O) groups is 1. The molecule has 3 heteroatoms. The standard InChI is InChI=1S/C18H26N2O/c19-12-13-1-3-20(4-2-13)17(21)11-18-8-14-5-15(9-18)7-16(6-14)10-18/h13-16H,1-11H2. The van der Waals surface area contributed by atoms with Gasteiger partial charge in [-0.1, -0.05) is 0 Å². The first-order valence-electron chi connectivity index (χ1n) is 8.83. The van der Waals surface area contributed by atoms with Crippen LogP contribution in [0.5, 0.6) is 0 Å². The fourth-order valence-electron chi connectivity index (χ4n) is 6.20. The van der Waals surface area contributed by atoms with Crippen LogP contribution in [-0.4, -0.2) is 23.9 Å². The zero-order chi connectivity index (χ0) is 14.4. The van der Waals surface area contributed by atoms with E-state index in [0.717, 1.165) is 50.1 Å². The second-order valence-corrected chi connectivity index (χ2v) is 8.38. The molecule has 0 aromatic carbocycles. The molecule has 21 heavy (non-hydrogen) atoms. The van der Waals surface area contributed by atoms with Crippen molar-refractivity contribution < 1.29 is 4.79 Å². The summed E-state index contributed by atoms with van der Waals surface area (Å²) in [6.45, 7) is 1.62. The number of hydrogen-bond donors (Lipinski definition) is 0. The van der Waals surface area contributed by atoms with E-state index in [9.17, 15) is 4.79 Å².